The van der Waals surface area contributed by atoms with Crippen LogP contribution in [-0.2, 0) is 4.79 Å². The van der Waals surface area contributed by atoms with E-state index in [2.05, 4.69) is 20.9 Å². The molecule has 0 radical (unpaired) electrons. The van der Waals surface area contributed by atoms with Crippen LogP contribution < -0.4 is 20.9 Å². The van der Waals surface area contributed by atoms with Crippen molar-refractivity contribution in [1.29, 1.82) is 0 Å². The van der Waals surface area contributed by atoms with Crippen molar-refractivity contribution in [1.82, 2.24) is 16.0 Å². The van der Waals surface area contributed by atoms with E-state index in [0.717, 1.165) is 31.6 Å². The zero-order chi connectivity index (χ0) is 16.7. The summed E-state index contributed by atoms with van der Waals surface area (Å²) < 4.78 is 0. The highest BCUT2D eigenvalue weighted by molar-refractivity contribution is 6.30. The molecule has 0 aliphatic carbocycles. The van der Waals surface area contributed by atoms with Gasteiger partial charge in [-0.15, -0.1) is 0 Å². The van der Waals surface area contributed by atoms with Crippen LogP contribution in [0.1, 0.15) is 19.8 Å². The maximum absolute atomic E-state index is 11.8. The summed E-state index contributed by atoms with van der Waals surface area (Å²) in [5.41, 5.74) is 1.06. The first-order valence-electron chi connectivity index (χ1n) is 7.90. The summed E-state index contributed by atoms with van der Waals surface area (Å²) >= 11 is 6.01. The number of halogens is 1. The molecule has 7 heteroatoms. The summed E-state index contributed by atoms with van der Waals surface area (Å²) in [5, 5.41) is 8.90. The second-order valence-electron chi connectivity index (χ2n) is 5.59. The molecule has 1 fully saturated rings. The highest BCUT2D eigenvalue weighted by atomic mass is 35.5. The minimum absolute atomic E-state index is 0.00341. The first-order valence-corrected chi connectivity index (χ1v) is 8.28. The minimum atomic E-state index is -0.311. The van der Waals surface area contributed by atoms with Gasteiger partial charge in [-0.2, -0.15) is 0 Å². The molecule has 6 nitrogen and oxygen atoms in total. The van der Waals surface area contributed by atoms with Gasteiger partial charge >= 0.3 is 6.03 Å². The van der Waals surface area contributed by atoms with E-state index in [9.17, 15) is 9.59 Å². The fourth-order valence-corrected chi connectivity index (χ4v) is 2.69. The van der Waals surface area contributed by atoms with Gasteiger partial charge in [-0.25, -0.2) is 4.79 Å². The van der Waals surface area contributed by atoms with Crippen LogP contribution >= 0.6 is 11.6 Å². The average Bonchev–Trinajstić information content (AvgIpc) is 2.99. The second kappa shape index (κ2) is 8.62. The number of hydrogen-bond acceptors (Lipinski definition) is 3. The monoisotopic (exact) mass is 338 g/mol. The standard InChI is InChI=1S/C16H23ClN4O2/c1-2-7-18-15(22)10-19-16(23)20-13-6-8-21(11-13)14-5-3-4-12(17)9-14/h3-5,9,13H,2,6-8,10-11H2,1H3,(H,18,22)(H2,19,20,23)/t13-/m1/s1. The molecule has 1 aliphatic rings. The van der Waals surface area contributed by atoms with Crippen molar-refractivity contribution in [2.45, 2.75) is 25.8 Å². The lowest BCUT2D eigenvalue weighted by Gasteiger charge is -2.19. The van der Waals surface area contributed by atoms with E-state index in [0.29, 0.717) is 11.6 Å². The molecule has 1 aromatic carbocycles. The Morgan fingerprint density at radius 2 is 2.17 bits per heavy atom. The maximum atomic E-state index is 11.8. The number of nitrogens with zero attached hydrogens (tertiary/aromatic N) is 1. The molecule has 3 amide bonds. The number of urea groups is 1. The molecule has 1 atom stereocenters. The van der Waals surface area contributed by atoms with Crippen molar-refractivity contribution >= 4 is 29.2 Å². The molecule has 1 saturated heterocycles. The van der Waals surface area contributed by atoms with Crippen LogP contribution in [0.3, 0.4) is 0 Å². The Labute approximate surface area is 141 Å². The molecule has 0 unspecified atom stereocenters. The van der Waals surface area contributed by atoms with Gasteiger partial charge in [0.25, 0.3) is 0 Å². The molecule has 1 aliphatic heterocycles. The highest BCUT2D eigenvalue weighted by Gasteiger charge is 2.24. The lowest BCUT2D eigenvalue weighted by Crippen LogP contribution is -2.46. The van der Waals surface area contributed by atoms with Crippen LogP contribution in [0.4, 0.5) is 10.5 Å². The van der Waals surface area contributed by atoms with Crippen LogP contribution in [0.25, 0.3) is 0 Å². The maximum Gasteiger partial charge on any atom is 0.315 e. The quantitative estimate of drug-likeness (QED) is 0.739. The number of anilines is 1. The van der Waals surface area contributed by atoms with Crippen molar-refractivity contribution in [2.24, 2.45) is 0 Å². The highest BCUT2D eigenvalue weighted by Crippen LogP contribution is 2.23. The number of carbonyl (C=O) groups is 2. The van der Waals surface area contributed by atoms with Crippen molar-refractivity contribution in [2.75, 3.05) is 31.1 Å². The molecular formula is C16H23ClN4O2. The van der Waals surface area contributed by atoms with E-state index in [1.807, 2.05) is 31.2 Å². The fraction of sp³-hybridized carbons (Fsp3) is 0.500. The Morgan fingerprint density at radius 1 is 1.35 bits per heavy atom. The second-order valence-corrected chi connectivity index (χ2v) is 6.02. The molecule has 126 valence electrons. The van der Waals surface area contributed by atoms with Crippen molar-refractivity contribution in [3.05, 3.63) is 29.3 Å². The van der Waals surface area contributed by atoms with E-state index >= 15 is 0 Å². The molecule has 0 spiro atoms. The van der Waals surface area contributed by atoms with Gasteiger partial charge in [-0.3, -0.25) is 4.79 Å². The van der Waals surface area contributed by atoms with Gasteiger partial charge in [0, 0.05) is 36.4 Å². The zero-order valence-electron chi connectivity index (χ0n) is 13.3. The van der Waals surface area contributed by atoms with Crippen LogP contribution in [0.5, 0.6) is 0 Å². The fourth-order valence-electron chi connectivity index (χ4n) is 2.51. The van der Waals surface area contributed by atoms with Crippen molar-refractivity contribution < 1.29 is 9.59 Å². The van der Waals surface area contributed by atoms with Crippen molar-refractivity contribution in [3.8, 4) is 0 Å². The summed E-state index contributed by atoms with van der Waals surface area (Å²) in [6, 6.07) is 7.44. The van der Waals surface area contributed by atoms with Gasteiger partial charge in [0.05, 0.1) is 6.54 Å². The van der Waals surface area contributed by atoms with E-state index < -0.39 is 0 Å². The Hall–Kier alpha value is -1.95. The first-order chi connectivity index (χ1) is 11.1. The molecule has 0 saturated carbocycles. The summed E-state index contributed by atoms with van der Waals surface area (Å²) in [6.07, 6.45) is 1.74. The molecule has 2 rings (SSSR count). The first kappa shape index (κ1) is 17.4. The smallest absolute Gasteiger partial charge is 0.315 e. The molecule has 3 N–H and O–H groups in total. The predicted molar refractivity (Wildman–Crippen MR) is 91.9 cm³/mol. The molecular weight excluding hydrogens is 316 g/mol. The van der Waals surface area contributed by atoms with Crippen LogP contribution in [0.2, 0.25) is 5.02 Å². The van der Waals surface area contributed by atoms with Gasteiger partial charge < -0.3 is 20.9 Å². The Balaban J connectivity index is 1.72. The Kier molecular flexibility index (Phi) is 6.52. The average molecular weight is 339 g/mol. The van der Waals surface area contributed by atoms with Gasteiger partial charge in [-0.1, -0.05) is 24.6 Å². The molecule has 1 aromatic rings. The minimum Gasteiger partial charge on any atom is -0.369 e. The van der Waals surface area contributed by atoms with E-state index in [1.165, 1.54) is 0 Å². The third kappa shape index (κ3) is 5.63. The SMILES string of the molecule is CCCNC(=O)CNC(=O)N[C@@H]1CCN(c2cccc(Cl)c2)C1. The van der Waals surface area contributed by atoms with Gasteiger partial charge in [0.2, 0.25) is 5.91 Å². The predicted octanol–water partition coefficient (Wildman–Crippen LogP) is 1.74. The normalized spacial score (nSPS) is 17.0. The Morgan fingerprint density at radius 3 is 2.91 bits per heavy atom. The van der Waals surface area contributed by atoms with Crippen LogP contribution in [0, 0.1) is 0 Å². The summed E-state index contributed by atoms with van der Waals surface area (Å²) in [7, 11) is 0. The van der Waals surface area contributed by atoms with E-state index in [4.69, 9.17) is 11.6 Å². The summed E-state index contributed by atoms with van der Waals surface area (Å²) in [5.74, 6) is -0.172. The molecule has 0 aromatic heterocycles. The third-order valence-electron chi connectivity index (χ3n) is 3.68. The number of carbonyl (C=O) groups excluding carboxylic acids is 2. The van der Waals surface area contributed by atoms with Gasteiger partial charge in [-0.05, 0) is 31.0 Å². The van der Waals surface area contributed by atoms with E-state index in [-0.39, 0.29) is 24.5 Å². The number of nitrogens with one attached hydrogen (secondary N) is 3. The zero-order valence-corrected chi connectivity index (χ0v) is 14.0. The molecule has 23 heavy (non-hydrogen) atoms. The van der Waals surface area contributed by atoms with Gasteiger partial charge in [0.1, 0.15) is 0 Å². The van der Waals surface area contributed by atoms with Crippen LogP contribution in [-0.4, -0.2) is 44.2 Å². The lowest BCUT2D eigenvalue weighted by atomic mass is 10.3. The number of hydrogen-bond donors (Lipinski definition) is 3. The number of benzene rings is 1. The van der Waals surface area contributed by atoms with Crippen molar-refractivity contribution in [3.63, 3.8) is 0 Å². The summed E-state index contributed by atoms with van der Waals surface area (Å²) in [6.45, 7) is 4.19. The van der Waals surface area contributed by atoms with Crippen LogP contribution in [0.15, 0.2) is 24.3 Å². The topological polar surface area (TPSA) is 73.5 Å². The molecule has 1 heterocycles. The Bertz CT molecular complexity index is 553. The third-order valence-corrected chi connectivity index (χ3v) is 3.91. The largest absolute Gasteiger partial charge is 0.369 e. The molecule has 0 bridgehead atoms. The number of amides is 3. The number of rotatable bonds is 6. The lowest BCUT2D eigenvalue weighted by molar-refractivity contribution is -0.120. The van der Waals surface area contributed by atoms with E-state index in [1.54, 1.807) is 0 Å². The summed E-state index contributed by atoms with van der Waals surface area (Å²) in [4.78, 5) is 25.5. The van der Waals surface area contributed by atoms with Gasteiger partial charge in [0.15, 0.2) is 0 Å².